The molecule has 2 rings (SSSR count). The van der Waals surface area contributed by atoms with Crippen LogP contribution in [0.25, 0.3) is 11.6 Å². The molecule has 0 bridgehead atoms. The van der Waals surface area contributed by atoms with Gasteiger partial charge in [0.15, 0.2) is 18.1 Å². The molecule has 0 atom stereocenters. The summed E-state index contributed by atoms with van der Waals surface area (Å²) in [5, 5.41) is 9.35. The zero-order valence-electron chi connectivity index (χ0n) is 13.7. The Morgan fingerprint density at radius 1 is 1.24 bits per heavy atom. The number of benzene rings is 2. The molecule has 0 unspecified atom stereocenters. The highest BCUT2D eigenvalue weighted by Gasteiger charge is 2.10. The predicted octanol–water partition coefficient (Wildman–Crippen LogP) is 3.15. The fraction of sp³-hybridized carbons (Fsp3) is 0.158. The number of halogens is 1. The van der Waals surface area contributed by atoms with E-state index in [9.17, 15) is 14.4 Å². The van der Waals surface area contributed by atoms with Crippen LogP contribution >= 0.6 is 0 Å². The van der Waals surface area contributed by atoms with E-state index in [0.29, 0.717) is 23.7 Å². The first-order valence-electron chi connectivity index (χ1n) is 7.59. The lowest BCUT2D eigenvalue weighted by Crippen LogP contribution is -2.20. The van der Waals surface area contributed by atoms with E-state index in [-0.39, 0.29) is 17.7 Å². The van der Waals surface area contributed by atoms with E-state index < -0.39 is 11.7 Å². The summed E-state index contributed by atoms with van der Waals surface area (Å²) in [6.07, 6.45) is 1.55. The van der Waals surface area contributed by atoms with Crippen molar-refractivity contribution in [2.75, 3.05) is 13.2 Å². The minimum absolute atomic E-state index is 0.186. The second-order valence-corrected chi connectivity index (χ2v) is 5.04. The van der Waals surface area contributed by atoms with Crippen molar-refractivity contribution in [3.63, 3.8) is 0 Å². The summed E-state index contributed by atoms with van der Waals surface area (Å²) in [4.78, 5) is 10.9. The van der Waals surface area contributed by atoms with Gasteiger partial charge in [0.05, 0.1) is 18.2 Å². The third-order valence-electron chi connectivity index (χ3n) is 3.23. The number of nitrogens with two attached hydrogens (primary N) is 1. The number of amides is 1. The van der Waals surface area contributed by atoms with Gasteiger partial charge in [0, 0.05) is 5.56 Å². The van der Waals surface area contributed by atoms with E-state index in [1.807, 2.05) is 6.07 Å². The lowest BCUT2D eigenvalue weighted by atomic mass is 10.0. The Hall–Kier alpha value is -3.33. The third kappa shape index (κ3) is 4.82. The van der Waals surface area contributed by atoms with Crippen molar-refractivity contribution in [1.82, 2.24) is 0 Å². The van der Waals surface area contributed by atoms with Crippen molar-refractivity contribution >= 4 is 17.6 Å². The Morgan fingerprint density at radius 2 is 2.00 bits per heavy atom. The number of rotatable bonds is 7. The average Bonchev–Trinajstić information content (AvgIpc) is 2.60. The minimum atomic E-state index is -0.599. The Balaban J connectivity index is 2.38. The fourth-order valence-corrected chi connectivity index (χ4v) is 2.17. The van der Waals surface area contributed by atoms with Crippen molar-refractivity contribution < 1.29 is 18.7 Å². The minimum Gasteiger partial charge on any atom is -0.490 e. The van der Waals surface area contributed by atoms with Crippen molar-refractivity contribution in [3.05, 3.63) is 59.4 Å². The molecule has 128 valence electrons. The summed E-state index contributed by atoms with van der Waals surface area (Å²) >= 11 is 0. The molecule has 1 amide bonds. The SMILES string of the molecule is CCOc1cc(C=C(C#N)c2ccccc2F)ccc1OCC(N)=O. The number of nitrogens with zero attached hydrogens (tertiary/aromatic N) is 1. The van der Waals surface area contributed by atoms with Gasteiger partial charge in [0.1, 0.15) is 5.82 Å². The molecular formula is C19H17FN2O3. The second kappa shape index (κ2) is 8.50. The zero-order chi connectivity index (χ0) is 18.2. The maximum Gasteiger partial charge on any atom is 0.255 e. The highest BCUT2D eigenvalue weighted by atomic mass is 19.1. The second-order valence-electron chi connectivity index (χ2n) is 5.04. The molecule has 25 heavy (non-hydrogen) atoms. The number of hydrogen-bond donors (Lipinski definition) is 1. The van der Waals surface area contributed by atoms with Crippen LogP contribution in [0.1, 0.15) is 18.1 Å². The van der Waals surface area contributed by atoms with Gasteiger partial charge in [-0.25, -0.2) is 4.39 Å². The maximum atomic E-state index is 13.9. The molecule has 0 heterocycles. The monoisotopic (exact) mass is 340 g/mol. The molecule has 5 nitrogen and oxygen atoms in total. The van der Waals surface area contributed by atoms with E-state index in [1.165, 1.54) is 12.1 Å². The molecule has 2 aromatic rings. The average molecular weight is 340 g/mol. The summed E-state index contributed by atoms with van der Waals surface area (Å²) in [5.41, 5.74) is 6.11. The Bertz CT molecular complexity index is 841. The topological polar surface area (TPSA) is 85.3 Å². The molecule has 2 aromatic carbocycles. The molecule has 6 heteroatoms. The van der Waals surface area contributed by atoms with Crippen molar-refractivity contribution in [1.29, 1.82) is 5.26 Å². The number of carbonyl (C=O) groups is 1. The Morgan fingerprint density at radius 3 is 2.64 bits per heavy atom. The Labute approximate surface area is 145 Å². The maximum absolute atomic E-state index is 13.9. The van der Waals surface area contributed by atoms with Gasteiger partial charge in [0.2, 0.25) is 0 Å². The lowest BCUT2D eigenvalue weighted by Gasteiger charge is -2.11. The summed E-state index contributed by atoms with van der Waals surface area (Å²) in [5.74, 6) is -0.301. The molecule has 0 radical (unpaired) electrons. The zero-order valence-corrected chi connectivity index (χ0v) is 13.7. The highest BCUT2D eigenvalue weighted by Crippen LogP contribution is 2.30. The molecule has 0 aliphatic carbocycles. The number of allylic oxidation sites excluding steroid dienone is 1. The van der Waals surface area contributed by atoms with Gasteiger partial charge in [-0.05, 0) is 36.8 Å². The van der Waals surface area contributed by atoms with Crippen LogP contribution < -0.4 is 15.2 Å². The predicted molar refractivity (Wildman–Crippen MR) is 92.2 cm³/mol. The van der Waals surface area contributed by atoms with Gasteiger partial charge in [-0.1, -0.05) is 24.3 Å². The van der Waals surface area contributed by atoms with Crippen LogP contribution in [0.4, 0.5) is 4.39 Å². The number of carbonyl (C=O) groups excluding carboxylic acids is 1. The van der Waals surface area contributed by atoms with Crippen LogP contribution in [0.2, 0.25) is 0 Å². The normalized spacial score (nSPS) is 10.8. The molecule has 0 saturated heterocycles. The summed E-state index contributed by atoms with van der Waals surface area (Å²) < 4.78 is 24.7. The molecule has 0 aliphatic heterocycles. The summed E-state index contributed by atoms with van der Waals surface area (Å²) in [7, 11) is 0. The van der Waals surface area contributed by atoms with E-state index in [0.717, 1.165) is 0 Å². The smallest absolute Gasteiger partial charge is 0.255 e. The van der Waals surface area contributed by atoms with Gasteiger partial charge in [0.25, 0.3) is 5.91 Å². The standard InChI is InChI=1S/C19H17FN2O3/c1-2-24-18-10-13(7-8-17(18)25-12-19(22)23)9-14(11-21)15-5-3-4-6-16(15)20/h3-10H,2,12H2,1H3,(H2,22,23). The van der Waals surface area contributed by atoms with Crippen LogP contribution in [-0.2, 0) is 4.79 Å². The van der Waals surface area contributed by atoms with Crippen LogP contribution in [0, 0.1) is 17.1 Å². The van der Waals surface area contributed by atoms with Crippen LogP contribution in [-0.4, -0.2) is 19.1 Å². The molecule has 2 N–H and O–H groups in total. The van der Waals surface area contributed by atoms with Crippen LogP contribution in [0.15, 0.2) is 42.5 Å². The first-order chi connectivity index (χ1) is 12.0. The van der Waals surface area contributed by atoms with Crippen molar-refractivity contribution in [3.8, 4) is 17.6 Å². The number of nitriles is 1. The summed E-state index contributed by atoms with van der Waals surface area (Å²) in [6, 6.07) is 13.0. The number of hydrogen-bond acceptors (Lipinski definition) is 4. The fourth-order valence-electron chi connectivity index (χ4n) is 2.17. The van der Waals surface area contributed by atoms with E-state index in [2.05, 4.69) is 0 Å². The van der Waals surface area contributed by atoms with E-state index in [4.69, 9.17) is 15.2 Å². The molecule has 0 fully saturated rings. The molecule has 0 saturated carbocycles. The number of ether oxygens (including phenoxy) is 2. The van der Waals surface area contributed by atoms with Gasteiger partial charge >= 0.3 is 0 Å². The van der Waals surface area contributed by atoms with E-state index >= 15 is 0 Å². The van der Waals surface area contributed by atoms with Gasteiger partial charge in [-0.15, -0.1) is 0 Å². The van der Waals surface area contributed by atoms with Gasteiger partial charge in [-0.3, -0.25) is 4.79 Å². The van der Waals surface area contributed by atoms with Crippen molar-refractivity contribution in [2.24, 2.45) is 5.73 Å². The Kier molecular flexibility index (Phi) is 6.13. The van der Waals surface area contributed by atoms with Crippen molar-refractivity contribution in [2.45, 2.75) is 6.92 Å². The number of primary amides is 1. The third-order valence-corrected chi connectivity index (χ3v) is 3.23. The molecule has 0 spiro atoms. The molecule has 0 aliphatic rings. The highest BCUT2D eigenvalue weighted by molar-refractivity contribution is 5.90. The first kappa shape index (κ1) is 18.0. The summed E-state index contributed by atoms with van der Waals surface area (Å²) in [6.45, 7) is 1.92. The van der Waals surface area contributed by atoms with Crippen LogP contribution in [0.5, 0.6) is 11.5 Å². The van der Waals surface area contributed by atoms with Gasteiger partial charge in [-0.2, -0.15) is 5.26 Å². The molecule has 0 aromatic heterocycles. The van der Waals surface area contributed by atoms with E-state index in [1.54, 1.807) is 43.3 Å². The lowest BCUT2D eigenvalue weighted by molar-refractivity contribution is -0.119. The molecular weight excluding hydrogens is 323 g/mol. The quantitative estimate of drug-likeness (QED) is 0.620. The van der Waals surface area contributed by atoms with Crippen LogP contribution in [0.3, 0.4) is 0 Å². The first-order valence-corrected chi connectivity index (χ1v) is 7.59. The van der Waals surface area contributed by atoms with Gasteiger partial charge < -0.3 is 15.2 Å². The largest absolute Gasteiger partial charge is 0.490 e.